The third-order valence-electron chi connectivity index (χ3n) is 2.98. The lowest BCUT2D eigenvalue weighted by molar-refractivity contribution is -0.121. The van der Waals surface area contributed by atoms with Crippen LogP contribution in [0.5, 0.6) is 0 Å². The molecule has 1 saturated heterocycles. The number of rotatable bonds is 3. The molecule has 16 heavy (non-hydrogen) atoms. The fourth-order valence-electron chi connectivity index (χ4n) is 1.66. The number of benzene rings is 1. The number of nitrogens with one attached hydrogen (secondary N) is 2. The number of hydrogen-bond acceptors (Lipinski definition) is 2. The van der Waals surface area contributed by atoms with Gasteiger partial charge in [-0.1, -0.05) is 25.1 Å². The predicted molar refractivity (Wildman–Crippen MR) is 67.8 cm³/mol. The molecule has 1 unspecified atom stereocenters. The van der Waals surface area contributed by atoms with Gasteiger partial charge in [0, 0.05) is 11.6 Å². The molecule has 0 saturated carbocycles. The minimum atomic E-state index is 0. The third-order valence-corrected chi connectivity index (χ3v) is 2.98. The second kappa shape index (κ2) is 5.87. The van der Waals surface area contributed by atoms with E-state index in [9.17, 15) is 4.79 Å². The van der Waals surface area contributed by atoms with Crippen molar-refractivity contribution in [1.82, 2.24) is 5.32 Å². The van der Waals surface area contributed by atoms with E-state index < -0.39 is 0 Å². The van der Waals surface area contributed by atoms with E-state index in [1.165, 1.54) is 0 Å². The van der Waals surface area contributed by atoms with E-state index in [2.05, 4.69) is 10.6 Å². The van der Waals surface area contributed by atoms with E-state index in [0.29, 0.717) is 5.92 Å². The molecule has 1 amide bonds. The van der Waals surface area contributed by atoms with Crippen LogP contribution in [0.25, 0.3) is 0 Å². The molecule has 4 heteroatoms. The summed E-state index contributed by atoms with van der Waals surface area (Å²) in [6, 6.07) is 9.60. The minimum absolute atomic E-state index is 0. The van der Waals surface area contributed by atoms with Gasteiger partial charge in [0.2, 0.25) is 5.91 Å². The van der Waals surface area contributed by atoms with Crippen molar-refractivity contribution in [3.8, 4) is 0 Å². The van der Waals surface area contributed by atoms with Gasteiger partial charge in [0.15, 0.2) is 0 Å². The van der Waals surface area contributed by atoms with Crippen molar-refractivity contribution in [1.29, 1.82) is 0 Å². The van der Waals surface area contributed by atoms with Crippen molar-refractivity contribution in [2.75, 3.05) is 18.4 Å². The first kappa shape index (κ1) is 13.0. The van der Waals surface area contributed by atoms with Gasteiger partial charge in [-0.2, -0.15) is 0 Å². The van der Waals surface area contributed by atoms with Gasteiger partial charge < -0.3 is 10.6 Å². The quantitative estimate of drug-likeness (QED) is 0.848. The molecule has 1 aliphatic heterocycles. The van der Waals surface area contributed by atoms with E-state index in [1.807, 2.05) is 37.3 Å². The van der Waals surface area contributed by atoms with Gasteiger partial charge in [-0.05, 0) is 31.1 Å². The van der Waals surface area contributed by atoms with Crippen LogP contribution in [0.2, 0.25) is 0 Å². The van der Waals surface area contributed by atoms with Crippen molar-refractivity contribution in [2.24, 2.45) is 11.8 Å². The number of carbonyl (C=O) groups is 1. The molecule has 3 nitrogen and oxygen atoms in total. The van der Waals surface area contributed by atoms with Crippen LogP contribution in [0.15, 0.2) is 30.3 Å². The predicted octanol–water partition coefficient (Wildman–Crippen LogP) is 1.90. The molecule has 1 heterocycles. The Balaban J connectivity index is 0.00000128. The smallest absolute Gasteiger partial charge is 0.227 e. The van der Waals surface area contributed by atoms with Gasteiger partial charge in [-0.3, -0.25) is 4.79 Å². The lowest BCUT2D eigenvalue weighted by Crippen LogP contribution is -2.48. The van der Waals surface area contributed by atoms with Crippen LogP contribution >= 0.6 is 12.4 Å². The molecule has 0 aliphatic carbocycles. The molecule has 1 atom stereocenters. The summed E-state index contributed by atoms with van der Waals surface area (Å²) in [5, 5.41) is 6.10. The lowest BCUT2D eigenvalue weighted by Gasteiger charge is -2.31. The lowest BCUT2D eigenvalue weighted by atomic mass is 9.88. The van der Waals surface area contributed by atoms with Gasteiger partial charge in [0.25, 0.3) is 0 Å². The normalized spacial score (nSPS) is 16.8. The summed E-state index contributed by atoms with van der Waals surface area (Å²) in [5.74, 6) is 0.702. The first-order valence-electron chi connectivity index (χ1n) is 5.34. The highest BCUT2D eigenvalue weighted by atomic mass is 35.5. The Morgan fingerprint density at radius 3 is 2.50 bits per heavy atom. The number of halogens is 1. The van der Waals surface area contributed by atoms with Gasteiger partial charge in [0.05, 0.1) is 0 Å². The van der Waals surface area contributed by atoms with Crippen LogP contribution in [0.3, 0.4) is 0 Å². The summed E-state index contributed by atoms with van der Waals surface area (Å²) in [5.41, 5.74) is 0.877. The highest BCUT2D eigenvalue weighted by molar-refractivity contribution is 5.92. The Labute approximate surface area is 102 Å². The molecule has 0 aromatic heterocycles. The van der Waals surface area contributed by atoms with Crippen LogP contribution in [-0.4, -0.2) is 19.0 Å². The molecule has 2 N–H and O–H groups in total. The van der Waals surface area contributed by atoms with Crippen LogP contribution in [0.1, 0.15) is 6.92 Å². The zero-order valence-corrected chi connectivity index (χ0v) is 10.1. The molecule has 0 spiro atoms. The van der Waals surface area contributed by atoms with Crippen LogP contribution in [-0.2, 0) is 4.79 Å². The van der Waals surface area contributed by atoms with E-state index in [1.54, 1.807) is 0 Å². The van der Waals surface area contributed by atoms with Gasteiger partial charge >= 0.3 is 0 Å². The first-order chi connectivity index (χ1) is 7.27. The Hall–Kier alpha value is -1.06. The van der Waals surface area contributed by atoms with E-state index in [-0.39, 0.29) is 24.2 Å². The summed E-state index contributed by atoms with van der Waals surface area (Å²) in [6.07, 6.45) is 0. The Morgan fingerprint density at radius 1 is 1.38 bits per heavy atom. The van der Waals surface area contributed by atoms with Crippen LogP contribution in [0, 0.1) is 11.8 Å². The summed E-state index contributed by atoms with van der Waals surface area (Å²) >= 11 is 0. The fraction of sp³-hybridized carbons (Fsp3) is 0.417. The molecule has 1 fully saturated rings. The average Bonchev–Trinajstić information content (AvgIpc) is 2.16. The molecule has 1 aromatic carbocycles. The maximum absolute atomic E-state index is 11.8. The van der Waals surface area contributed by atoms with Gasteiger partial charge in [-0.15, -0.1) is 12.4 Å². The SMILES string of the molecule is CC(C(=O)Nc1ccccc1)C1CNC1.Cl. The Bertz CT molecular complexity index is 338. The molecular weight excluding hydrogens is 224 g/mol. The zero-order chi connectivity index (χ0) is 10.7. The van der Waals surface area contributed by atoms with Gasteiger partial charge in [-0.25, -0.2) is 0 Å². The van der Waals surface area contributed by atoms with Gasteiger partial charge in [0.1, 0.15) is 0 Å². The van der Waals surface area contributed by atoms with E-state index in [4.69, 9.17) is 0 Å². The van der Waals surface area contributed by atoms with E-state index in [0.717, 1.165) is 18.8 Å². The molecule has 1 aromatic rings. The first-order valence-corrected chi connectivity index (χ1v) is 5.34. The molecule has 88 valence electrons. The number of amides is 1. The second-order valence-electron chi connectivity index (χ2n) is 4.06. The van der Waals surface area contributed by atoms with Crippen molar-refractivity contribution in [3.05, 3.63) is 30.3 Å². The van der Waals surface area contributed by atoms with Crippen molar-refractivity contribution < 1.29 is 4.79 Å². The maximum atomic E-state index is 11.8. The van der Waals surface area contributed by atoms with Crippen molar-refractivity contribution in [2.45, 2.75) is 6.92 Å². The standard InChI is InChI=1S/C12H16N2O.ClH/c1-9(10-7-13-8-10)12(15)14-11-5-3-2-4-6-11;/h2-6,9-10,13H,7-8H2,1H3,(H,14,15);1H. The molecule has 1 aliphatic rings. The Morgan fingerprint density at radius 2 is 2.00 bits per heavy atom. The number of carbonyl (C=O) groups excluding carboxylic acids is 1. The summed E-state index contributed by atoms with van der Waals surface area (Å²) in [6.45, 7) is 3.91. The monoisotopic (exact) mass is 240 g/mol. The van der Waals surface area contributed by atoms with Crippen LogP contribution in [0.4, 0.5) is 5.69 Å². The summed E-state index contributed by atoms with van der Waals surface area (Å²) in [4.78, 5) is 11.8. The van der Waals surface area contributed by atoms with E-state index >= 15 is 0 Å². The Kier molecular flexibility index (Phi) is 4.77. The summed E-state index contributed by atoms with van der Waals surface area (Å²) < 4.78 is 0. The largest absolute Gasteiger partial charge is 0.326 e. The molecular formula is C12H17ClN2O. The third kappa shape index (κ3) is 2.97. The molecule has 0 radical (unpaired) electrons. The fourth-order valence-corrected chi connectivity index (χ4v) is 1.66. The maximum Gasteiger partial charge on any atom is 0.227 e. The molecule has 2 rings (SSSR count). The topological polar surface area (TPSA) is 41.1 Å². The average molecular weight is 241 g/mol. The minimum Gasteiger partial charge on any atom is -0.326 e. The zero-order valence-electron chi connectivity index (χ0n) is 9.27. The highest BCUT2D eigenvalue weighted by Gasteiger charge is 2.28. The molecule has 0 bridgehead atoms. The summed E-state index contributed by atoms with van der Waals surface area (Å²) in [7, 11) is 0. The van der Waals surface area contributed by atoms with Crippen molar-refractivity contribution in [3.63, 3.8) is 0 Å². The van der Waals surface area contributed by atoms with Crippen LogP contribution < -0.4 is 10.6 Å². The van der Waals surface area contributed by atoms with Crippen molar-refractivity contribution >= 4 is 24.0 Å². The highest BCUT2D eigenvalue weighted by Crippen LogP contribution is 2.18. The second-order valence-corrected chi connectivity index (χ2v) is 4.06. The number of hydrogen-bond donors (Lipinski definition) is 2. The number of para-hydroxylation sites is 1. The number of anilines is 1.